The number of amides is 3. The van der Waals surface area contributed by atoms with E-state index >= 15 is 0 Å². The Balaban J connectivity index is 1.23. The molecule has 5 rings (SSSR count). The molecule has 36 heavy (non-hydrogen) atoms. The minimum Gasteiger partial charge on any atom is -0.350 e. The van der Waals surface area contributed by atoms with Crippen LogP contribution in [0, 0.1) is 34.9 Å². The zero-order chi connectivity index (χ0) is 25.6. The molecule has 0 bridgehead atoms. The van der Waals surface area contributed by atoms with E-state index in [2.05, 4.69) is 33.9 Å². The monoisotopic (exact) mass is 513 g/mol. The second-order valence-corrected chi connectivity index (χ2v) is 11.1. The van der Waals surface area contributed by atoms with Crippen molar-refractivity contribution in [1.29, 1.82) is 5.26 Å². The summed E-state index contributed by atoms with van der Waals surface area (Å²) in [6.45, 7) is 2.12. The van der Waals surface area contributed by atoms with E-state index in [9.17, 15) is 24.0 Å². The van der Waals surface area contributed by atoms with Crippen molar-refractivity contribution in [3.8, 4) is 6.07 Å². The van der Waals surface area contributed by atoms with Gasteiger partial charge in [0.15, 0.2) is 0 Å². The highest BCUT2D eigenvalue weighted by atomic mass is 35.5. The number of halogens is 2. The second kappa shape index (κ2) is 9.40. The molecule has 5 atom stereocenters. The summed E-state index contributed by atoms with van der Waals surface area (Å²) in [4.78, 5) is 41.6. The van der Waals surface area contributed by atoms with E-state index in [0.717, 1.165) is 31.7 Å². The average Bonchev–Trinajstić information content (AvgIpc) is 3.70. The number of hydrogen-bond acceptors (Lipinski definition) is 4. The maximum Gasteiger partial charge on any atom is 0.268 e. The maximum absolute atomic E-state index is 13.7. The molecule has 1 aromatic carbocycles. The van der Waals surface area contributed by atoms with E-state index in [1.165, 1.54) is 12.1 Å². The van der Waals surface area contributed by atoms with Crippen LogP contribution in [-0.2, 0) is 9.59 Å². The Hall–Kier alpha value is -3.12. The highest BCUT2D eigenvalue weighted by Crippen LogP contribution is 2.49. The number of benzene rings is 1. The molecule has 2 aliphatic carbocycles. The molecule has 8 nitrogen and oxygen atoms in total. The van der Waals surface area contributed by atoms with E-state index in [4.69, 9.17) is 11.6 Å². The lowest BCUT2D eigenvalue weighted by molar-refractivity contribution is -0.129. The third-order valence-corrected chi connectivity index (χ3v) is 8.20. The fourth-order valence-corrected chi connectivity index (χ4v) is 5.61. The van der Waals surface area contributed by atoms with Gasteiger partial charge in [0.1, 0.15) is 23.6 Å². The van der Waals surface area contributed by atoms with E-state index < -0.39 is 29.7 Å². The lowest BCUT2D eigenvalue weighted by Crippen LogP contribution is -2.52. The molecule has 190 valence electrons. The molecule has 3 amide bonds. The van der Waals surface area contributed by atoms with Crippen LogP contribution >= 0.6 is 11.6 Å². The van der Waals surface area contributed by atoms with Crippen molar-refractivity contribution in [2.75, 3.05) is 0 Å². The first-order chi connectivity index (χ1) is 17.2. The van der Waals surface area contributed by atoms with Crippen LogP contribution in [0.5, 0.6) is 0 Å². The molecule has 10 heteroatoms. The zero-order valence-corrected chi connectivity index (χ0v) is 20.8. The smallest absolute Gasteiger partial charge is 0.268 e. The van der Waals surface area contributed by atoms with E-state index in [1.54, 1.807) is 0 Å². The van der Waals surface area contributed by atoms with E-state index in [0.29, 0.717) is 35.6 Å². The van der Waals surface area contributed by atoms with Crippen LogP contribution in [0.4, 0.5) is 4.39 Å². The lowest BCUT2D eigenvalue weighted by atomic mass is 9.87. The van der Waals surface area contributed by atoms with Crippen molar-refractivity contribution in [1.82, 2.24) is 20.9 Å². The molecule has 2 saturated carbocycles. The van der Waals surface area contributed by atoms with Gasteiger partial charge in [-0.15, -0.1) is 0 Å². The Morgan fingerprint density at radius 3 is 2.64 bits per heavy atom. The summed E-state index contributed by atoms with van der Waals surface area (Å²) in [6.07, 6.45) is 5.20. The van der Waals surface area contributed by atoms with Gasteiger partial charge in [-0.05, 0) is 62.1 Å². The highest BCUT2D eigenvalue weighted by Gasteiger charge is 2.54. The number of aromatic amines is 1. The number of nitrogens with one attached hydrogen (secondary N) is 4. The first-order valence-corrected chi connectivity index (χ1v) is 12.9. The Bertz CT molecular complexity index is 1270. The number of fused-ring (bicyclic) bond motifs is 1. The molecule has 2 aromatic rings. The predicted octanol–water partition coefficient (Wildman–Crippen LogP) is 3.56. The first-order valence-electron chi connectivity index (χ1n) is 12.5. The third-order valence-electron chi connectivity index (χ3n) is 7.91. The number of nitrogens with zero attached hydrogens (tertiary/aromatic N) is 1. The van der Waals surface area contributed by atoms with Crippen molar-refractivity contribution in [2.24, 2.45) is 17.8 Å². The maximum atomic E-state index is 13.7. The number of nitriles is 1. The Morgan fingerprint density at radius 2 is 2.00 bits per heavy atom. The number of carbonyl (C=O) groups is 3. The predicted molar refractivity (Wildman–Crippen MR) is 131 cm³/mol. The quantitative estimate of drug-likeness (QED) is 0.430. The van der Waals surface area contributed by atoms with E-state index in [-0.39, 0.29) is 34.5 Å². The van der Waals surface area contributed by atoms with Gasteiger partial charge in [-0.2, -0.15) is 5.26 Å². The van der Waals surface area contributed by atoms with E-state index in [1.807, 2.05) is 0 Å². The van der Waals surface area contributed by atoms with Crippen LogP contribution in [0.15, 0.2) is 18.2 Å². The van der Waals surface area contributed by atoms with Crippen LogP contribution < -0.4 is 16.0 Å². The fourth-order valence-electron chi connectivity index (χ4n) is 5.35. The number of hydrogen-bond donors (Lipinski definition) is 4. The van der Waals surface area contributed by atoms with Crippen LogP contribution in [0.1, 0.15) is 62.4 Å². The van der Waals surface area contributed by atoms with Gasteiger partial charge in [0.2, 0.25) is 11.8 Å². The van der Waals surface area contributed by atoms with Crippen molar-refractivity contribution >= 4 is 40.2 Å². The van der Waals surface area contributed by atoms with Crippen molar-refractivity contribution in [3.63, 3.8) is 0 Å². The summed E-state index contributed by atoms with van der Waals surface area (Å²) in [5.41, 5.74) is 0.520. The minimum absolute atomic E-state index is 0.0585. The summed E-state index contributed by atoms with van der Waals surface area (Å²) in [5.74, 6) is -1.07. The summed E-state index contributed by atoms with van der Waals surface area (Å²) in [5, 5.41) is 18.9. The molecule has 3 aliphatic rings. The van der Waals surface area contributed by atoms with Gasteiger partial charge < -0.3 is 20.9 Å². The zero-order valence-electron chi connectivity index (χ0n) is 20.0. The molecule has 5 unspecified atom stereocenters. The topological polar surface area (TPSA) is 127 Å². The molecular formula is C26H29ClFN5O3. The molecule has 0 radical (unpaired) electrons. The van der Waals surface area contributed by atoms with Crippen molar-refractivity contribution in [3.05, 3.63) is 34.7 Å². The summed E-state index contributed by atoms with van der Waals surface area (Å²) in [7, 11) is 0. The molecular weight excluding hydrogens is 485 g/mol. The Labute approximate surface area is 213 Å². The van der Waals surface area contributed by atoms with Crippen LogP contribution in [-0.4, -0.2) is 40.3 Å². The van der Waals surface area contributed by atoms with Gasteiger partial charge in [0, 0.05) is 16.8 Å². The fraction of sp³-hybridized carbons (Fsp3) is 0.538. The molecule has 2 heterocycles. The van der Waals surface area contributed by atoms with Crippen molar-refractivity contribution < 1.29 is 18.8 Å². The number of piperidine rings is 1. The van der Waals surface area contributed by atoms with Gasteiger partial charge >= 0.3 is 0 Å². The SMILES string of the molecule is CC1CC12CCC(CC(C#N)NC(=O)C(CC1CC1)NC(=O)c1cc3cc(F)cc(Cl)c3[nH]1)C(=O)N2. The van der Waals surface area contributed by atoms with Gasteiger partial charge in [-0.3, -0.25) is 14.4 Å². The Kier molecular flexibility index (Phi) is 6.41. The highest BCUT2D eigenvalue weighted by molar-refractivity contribution is 6.35. The lowest BCUT2D eigenvalue weighted by Gasteiger charge is -2.31. The van der Waals surface area contributed by atoms with Gasteiger partial charge in [-0.1, -0.05) is 31.4 Å². The number of carbonyl (C=O) groups excluding carboxylic acids is 3. The first kappa shape index (κ1) is 24.6. The second-order valence-electron chi connectivity index (χ2n) is 10.7. The van der Waals surface area contributed by atoms with Gasteiger partial charge in [-0.25, -0.2) is 4.39 Å². The van der Waals surface area contributed by atoms with Gasteiger partial charge in [0.05, 0.1) is 16.6 Å². The Morgan fingerprint density at radius 1 is 1.25 bits per heavy atom. The molecule has 1 saturated heterocycles. The molecule has 1 spiro atoms. The largest absolute Gasteiger partial charge is 0.350 e. The standard InChI is InChI=1S/C26H29ClFN5O3/c1-13-11-26(13)5-4-15(23(34)33-26)8-18(12-29)30-24(35)20(6-14-2-3-14)32-25(36)21-9-16-7-17(28)10-19(27)22(16)31-21/h7,9-10,13-15,18,20,31H,2-6,8,11H2,1H3,(H,30,35)(H,32,36)(H,33,34). The summed E-state index contributed by atoms with van der Waals surface area (Å²) >= 11 is 6.08. The van der Waals surface area contributed by atoms with Crippen LogP contribution in [0.2, 0.25) is 5.02 Å². The molecule has 1 aliphatic heterocycles. The average molecular weight is 514 g/mol. The van der Waals surface area contributed by atoms with Gasteiger partial charge in [0.25, 0.3) is 5.91 Å². The molecule has 1 aromatic heterocycles. The number of H-pyrrole nitrogens is 1. The molecule has 4 N–H and O–H groups in total. The normalized spacial score (nSPS) is 26.7. The summed E-state index contributed by atoms with van der Waals surface area (Å²) in [6, 6.07) is 4.34. The third kappa shape index (κ3) is 5.05. The van der Waals surface area contributed by atoms with Crippen LogP contribution in [0.3, 0.4) is 0 Å². The minimum atomic E-state index is -0.840. The molecule has 3 fully saturated rings. The van der Waals surface area contributed by atoms with Crippen molar-refractivity contribution in [2.45, 2.75) is 69.5 Å². The number of aromatic nitrogens is 1. The number of rotatable bonds is 8. The van der Waals surface area contributed by atoms with Crippen LogP contribution in [0.25, 0.3) is 10.9 Å². The summed E-state index contributed by atoms with van der Waals surface area (Å²) < 4.78 is 13.7.